The Morgan fingerprint density at radius 1 is 1.11 bits per heavy atom. The summed E-state index contributed by atoms with van der Waals surface area (Å²) in [5.41, 5.74) is 4.40. The summed E-state index contributed by atoms with van der Waals surface area (Å²) >= 11 is 0. The Balaban J connectivity index is 1.53. The Labute approximate surface area is 164 Å². The summed E-state index contributed by atoms with van der Waals surface area (Å²) in [4.78, 5) is 12.8. The molecule has 0 radical (unpaired) electrons. The molecule has 4 rings (SSSR count). The summed E-state index contributed by atoms with van der Waals surface area (Å²) in [5, 5.41) is 7.48. The van der Waals surface area contributed by atoms with Gasteiger partial charge in [-0.15, -0.1) is 0 Å². The van der Waals surface area contributed by atoms with Gasteiger partial charge >= 0.3 is 0 Å². The first-order valence-electron chi connectivity index (χ1n) is 9.35. The predicted octanol–water partition coefficient (Wildman–Crippen LogP) is 3.75. The molecule has 1 aliphatic rings. The summed E-state index contributed by atoms with van der Waals surface area (Å²) in [6, 6.07) is 13.5. The van der Waals surface area contributed by atoms with Gasteiger partial charge in [-0.25, -0.2) is 4.68 Å². The number of hydrogen-bond donors (Lipinski definition) is 1. The van der Waals surface area contributed by atoms with Gasteiger partial charge in [0.25, 0.3) is 5.91 Å². The molecule has 1 aromatic heterocycles. The van der Waals surface area contributed by atoms with Gasteiger partial charge in [0.05, 0.1) is 29.2 Å². The van der Waals surface area contributed by atoms with Crippen LogP contribution >= 0.6 is 0 Å². The maximum Gasteiger partial charge on any atom is 0.255 e. The molecule has 0 aliphatic carbocycles. The van der Waals surface area contributed by atoms with Gasteiger partial charge in [0.2, 0.25) is 0 Å². The third kappa shape index (κ3) is 3.33. The van der Waals surface area contributed by atoms with Gasteiger partial charge < -0.3 is 14.8 Å². The van der Waals surface area contributed by atoms with E-state index >= 15 is 0 Å². The van der Waals surface area contributed by atoms with Gasteiger partial charge in [-0.2, -0.15) is 5.10 Å². The van der Waals surface area contributed by atoms with Crippen LogP contribution in [0.15, 0.2) is 48.7 Å². The van der Waals surface area contributed by atoms with E-state index in [1.165, 1.54) is 0 Å². The van der Waals surface area contributed by atoms with Crippen LogP contribution in [0.3, 0.4) is 0 Å². The van der Waals surface area contributed by atoms with Gasteiger partial charge in [-0.1, -0.05) is 24.3 Å². The van der Waals surface area contributed by atoms with Crippen molar-refractivity contribution in [2.45, 2.75) is 26.8 Å². The zero-order valence-corrected chi connectivity index (χ0v) is 16.2. The average molecular weight is 377 g/mol. The fourth-order valence-corrected chi connectivity index (χ4v) is 3.36. The fraction of sp³-hybridized carbons (Fsp3) is 0.273. The van der Waals surface area contributed by atoms with Gasteiger partial charge in [0, 0.05) is 0 Å². The van der Waals surface area contributed by atoms with E-state index in [0.29, 0.717) is 24.5 Å². The van der Waals surface area contributed by atoms with Crippen LogP contribution in [0.2, 0.25) is 0 Å². The average Bonchev–Trinajstić information content (AvgIpc) is 3.09. The number of aromatic nitrogens is 2. The monoisotopic (exact) mass is 377 g/mol. The molecule has 0 fully saturated rings. The number of carbonyl (C=O) groups excluding carboxylic acids is 1. The minimum absolute atomic E-state index is 0.153. The van der Waals surface area contributed by atoms with E-state index in [1.54, 1.807) is 10.9 Å². The molecule has 1 atom stereocenters. The molecule has 0 saturated carbocycles. The third-order valence-corrected chi connectivity index (χ3v) is 5.01. The molecule has 2 heterocycles. The Morgan fingerprint density at radius 3 is 2.64 bits per heavy atom. The van der Waals surface area contributed by atoms with E-state index in [9.17, 15) is 4.79 Å². The first-order valence-corrected chi connectivity index (χ1v) is 9.35. The van der Waals surface area contributed by atoms with Crippen molar-refractivity contribution in [1.82, 2.24) is 15.1 Å². The summed E-state index contributed by atoms with van der Waals surface area (Å²) < 4.78 is 13.0. The first-order chi connectivity index (χ1) is 13.5. The second kappa shape index (κ2) is 7.38. The molecule has 1 aliphatic heterocycles. The Kier molecular flexibility index (Phi) is 4.77. The molecular formula is C22H23N3O3. The molecule has 28 heavy (non-hydrogen) atoms. The van der Waals surface area contributed by atoms with Crippen LogP contribution < -0.4 is 14.8 Å². The molecule has 1 amide bonds. The normalized spacial score (nSPS) is 13.8. The lowest BCUT2D eigenvalue weighted by molar-refractivity contribution is 0.0939. The smallest absolute Gasteiger partial charge is 0.255 e. The quantitative estimate of drug-likeness (QED) is 0.752. The number of aryl methyl sites for hydroxylation is 1. The Morgan fingerprint density at radius 2 is 1.86 bits per heavy atom. The van der Waals surface area contributed by atoms with E-state index in [1.807, 2.05) is 63.2 Å². The van der Waals surface area contributed by atoms with Crippen LogP contribution in [-0.4, -0.2) is 28.9 Å². The lowest BCUT2D eigenvalue weighted by Crippen LogP contribution is -2.27. The van der Waals surface area contributed by atoms with E-state index in [-0.39, 0.29) is 11.9 Å². The molecule has 1 N–H and O–H groups in total. The summed E-state index contributed by atoms with van der Waals surface area (Å²) in [6.07, 6.45) is 1.62. The van der Waals surface area contributed by atoms with Crippen molar-refractivity contribution < 1.29 is 14.3 Å². The third-order valence-electron chi connectivity index (χ3n) is 5.01. The lowest BCUT2D eigenvalue weighted by Gasteiger charge is -2.21. The van der Waals surface area contributed by atoms with Crippen molar-refractivity contribution in [3.8, 4) is 17.2 Å². The molecule has 2 aromatic carbocycles. The van der Waals surface area contributed by atoms with Crippen molar-refractivity contribution in [3.05, 3.63) is 71.0 Å². The molecule has 0 saturated heterocycles. The molecular weight excluding hydrogens is 354 g/mol. The number of nitrogens with one attached hydrogen (secondary N) is 1. The molecule has 6 heteroatoms. The van der Waals surface area contributed by atoms with E-state index in [0.717, 1.165) is 28.3 Å². The minimum atomic E-state index is -0.176. The van der Waals surface area contributed by atoms with Crippen molar-refractivity contribution >= 4 is 5.91 Å². The first kappa shape index (κ1) is 18.1. The maximum absolute atomic E-state index is 12.8. The molecule has 0 spiro atoms. The summed E-state index contributed by atoms with van der Waals surface area (Å²) in [5.74, 6) is 1.30. The minimum Gasteiger partial charge on any atom is -0.486 e. The molecule has 0 bridgehead atoms. The second-order valence-corrected chi connectivity index (χ2v) is 6.94. The standard InChI is InChI=1S/C22H23N3O3/c1-14-6-4-5-7-19(14)25-16(3)18(13-23-25)22(26)24-15(2)17-8-9-20-21(12-17)28-11-10-27-20/h4-9,12-13,15H,10-11H2,1-3H3,(H,24,26). The van der Waals surface area contributed by atoms with Crippen LogP contribution in [0.4, 0.5) is 0 Å². The number of benzene rings is 2. The number of ether oxygens (including phenoxy) is 2. The van der Waals surface area contributed by atoms with Gasteiger partial charge in [-0.3, -0.25) is 4.79 Å². The number of rotatable bonds is 4. The molecule has 6 nitrogen and oxygen atoms in total. The van der Waals surface area contributed by atoms with Crippen molar-refractivity contribution in [3.63, 3.8) is 0 Å². The molecule has 1 unspecified atom stereocenters. The van der Waals surface area contributed by atoms with Crippen LogP contribution in [0.1, 0.15) is 40.1 Å². The zero-order chi connectivity index (χ0) is 19.7. The topological polar surface area (TPSA) is 65.4 Å². The van der Waals surface area contributed by atoms with Crippen LogP contribution in [0, 0.1) is 13.8 Å². The van der Waals surface area contributed by atoms with Gasteiger partial charge in [0.1, 0.15) is 13.2 Å². The van der Waals surface area contributed by atoms with E-state index < -0.39 is 0 Å². The highest BCUT2D eigenvalue weighted by molar-refractivity contribution is 5.95. The second-order valence-electron chi connectivity index (χ2n) is 6.94. The van der Waals surface area contributed by atoms with E-state index in [2.05, 4.69) is 10.4 Å². The number of para-hydroxylation sites is 1. The maximum atomic E-state index is 12.8. The Hall–Kier alpha value is -3.28. The predicted molar refractivity (Wildman–Crippen MR) is 106 cm³/mol. The van der Waals surface area contributed by atoms with Crippen molar-refractivity contribution in [2.24, 2.45) is 0 Å². The van der Waals surface area contributed by atoms with Crippen LogP contribution in [0.25, 0.3) is 5.69 Å². The highest BCUT2D eigenvalue weighted by Crippen LogP contribution is 2.32. The van der Waals surface area contributed by atoms with Crippen LogP contribution in [0.5, 0.6) is 11.5 Å². The fourth-order valence-electron chi connectivity index (χ4n) is 3.36. The van der Waals surface area contributed by atoms with Crippen LogP contribution in [-0.2, 0) is 0 Å². The lowest BCUT2D eigenvalue weighted by atomic mass is 10.1. The SMILES string of the molecule is Cc1ccccc1-n1ncc(C(=O)NC(C)c2ccc3c(c2)OCCO3)c1C. The zero-order valence-electron chi connectivity index (χ0n) is 16.2. The van der Waals surface area contributed by atoms with Gasteiger partial charge in [-0.05, 0) is 50.1 Å². The van der Waals surface area contributed by atoms with Crippen molar-refractivity contribution in [2.75, 3.05) is 13.2 Å². The van der Waals surface area contributed by atoms with Crippen molar-refractivity contribution in [1.29, 1.82) is 0 Å². The Bertz CT molecular complexity index is 1030. The van der Waals surface area contributed by atoms with E-state index in [4.69, 9.17) is 9.47 Å². The molecule has 3 aromatic rings. The summed E-state index contributed by atoms with van der Waals surface area (Å²) in [6.45, 7) is 6.98. The number of hydrogen-bond acceptors (Lipinski definition) is 4. The summed E-state index contributed by atoms with van der Waals surface area (Å²) in [7, 11) is 0. The number of carbonyl (C=O) groups is 1. The highest BCUT2D eigenvalue weighted by atomic mass is 16.6. The number of fused-ring (bicyclic) bond motifs is 1. The number of amides is 1. The number of nitrogens with zero attached hydrogens (tertiary/aromatic N) is 2. The van der Waals surface area contributed by atoms with Gasteiger partial charge in [0.15, 0.2) is 11.5 Å². The molecule has 144 valence electrons. The largest absolute Gasteiger partial charge is 0.486 e. The highest BCUT2D eigenvalue weighted by Gasteiger charge is 2.20.